The lowest BCUT2D eigenvalue weighted by Crippen LogP contribution is -1.93. The van der Waals surface area contributed by atoms with Crippen molar-refractivity contribution in [3.63, 3.8) is 0 Å². The van der Waals surface area contributed by atoms with Crippen molar-refractivity contribution in [2.24, 2.45) is 53.3 Å². The molecule has 0 aliphatic heterocycles. The highest BCUT2D eigenvalue weighted by atomic mass is 14.5. The lowest BCUT2D eigenvalue weighted by molar-refractivity contribution is 0.494. The van der Waals surface area contributed by atoms with E-state index in [0.29, 0.717) is 0 Å². The second-order valence-electron chi connectivity index (χ2n) is 9.85. The monoisotopic (exact) mass is 306 g/mol. The van der Waals surface area contributed by atoms with E-state index >= 15 is 0 Å². The van der Waals surface area contributed by atoms with Crippen LogP contribution in [-0.4, -0.2) is 0 Å². The molecule has 0 aromatic carbocycles. The van der Waals surface area contributed by atoms with Gasteiger partial charge >= 0.3 is 0 Å². The van der Waals surface area contributed by atoms with E-state index in [4.69, 9.17) is 0 Å². The molecule has 0 heteroatoms. The molecule has 0 aromatic rings. The first-order valence-electron chi connectivity index (χ1n) is 10.3. The van der Waals surface area contributed by atoms with Crippen molar-refractivity contribution in [2.45, 2.75) is 87.0 Å². The van der Waals surface area contributed by atoms with Gasteiger partial charge in [0.25, 0.3) is 0 Å². The number of rotatable bonds is 4. The highest BCUT2D eigenvalue weighted by Crippen LogP contribution is 2.56. The normalized spacial score (nSPS) is 35.7. The van der Waals surface area contributed by atoms with Crippen molar-refractivity contribution in [1.29, 1.82) is 0 Å². The zero-order valence-electron chi connectivity index (χ0n) is 16.4. The van der Waals surface area contributed by atoms with Gasteiger partial charge < -0.3 is 0 Å². The van der Waals surface area contributed by atoms with Crippen molar-refractivity contribution in [3.8, 4) is 0 Å². The molecule has 0 heterocycles. The Bertz CT molecular complexity index is 313. The first kappa shape index (κ1) is 18.3. The molecular formula is C22H42. The van der Waals surface area contributed by atoms with Gasteiger partial charge in [-0.05, 0) is 91.8 Å². The maximum Gasteiger partial charge on any atom is -0.0352 e. The summed E-state index contributed by atoms with van der Waals surface area (Å²) in [4.78, 5) is 0. The van der Waals surface area contributed by atoms with Crippen LogP contribution < -0.4 is 0 Å². The van der Waals surface area contributed by atoms with Gasteiger partial charge in [-0.15, -0.1) is 0 Å². The van der Waals surface area contributed by atoms with Gasteiger partial charge in [0.2, 0.25) is 0 Å². The van der Waals surface area contributed by atoms with E-state index < -0.39 is 0 Å². The highest BCUT2D eigenvalue weighted by Gasteiger charge is 2.48. The third-order valence-corrected chi connectivity index (χ3v) is 6.57. The SMILES string of the molecule is CC(C)C1CC1.CC(C)C1CC1C.CC(C)C1CC1C1CC1. The molecule has 0 N–H and O–H groups in total. The summed E-state index contributed by atoms with van der Waals surface area (Å²) in [6, 6.07) is 0. The second kappa shape index (κ2) is 7.71. The second-order valence-corrected chi connectivity index (χ2v) is 9.85. The Labute approximate surface area is 140 Å². The van der Waals surface area contributed by atoms with E-state index in [1.807, 2.05) is 0 Å². The van der Waals surface area contributed by atoms with E-state index in [9.17, 15) is 0 Å². The van der Waals surface area contributed by atoms with Crippen molar-refractivity contribution in [3.05, 3.63) is 0 Å². The van der Waals surface area contributed by atoms with E-state index in [0.717, 1.165) is 41.4 Å². The third-order valence-electron chi connectivity index (χ3n) is 6.57. The molecule has 4 atom stereocenters. The minimum absolute atomic E-state index is 0.940. The Balaban J connectivity index is 0.000000124. The lowest BCUT2D eigenvalue weighted by Gasteiger charge is -1.99. The largest absolute Gasteiger partial charge is 0.0625 e. The molecular weight excluding hydrogens is 264 g/mol. The first-order valence-corrected chi connectivity index (χ1v) is 10.3. The predicted octanol–water partition coefficient (Wildman–Crippen LogP) is 7.04. The Hall–Kier alpha value is 0. The van der Waals surface area contributed by atoms with Crippen molar-refractivity contribution in [1.82, 2.24) is 0 Å². The molecule has 4 aliphatic carbocycles. The Kier molecular flexibility index (Phi) is 6.43. The standard InChI is InChI=1S/C9H16.C7H14.C6H12/c1-6(2)8-5-9(8)7-3-4-7;1-5(2)7-4-6(7)3;1-5(2)6-3-4-6/h6-9H,3-5H2,1-2H3;5-7H,4H2,1-3H3;5-6H,3-4H2,1-2H3. The summed E-state index contributed by atoms with van der Waals surface area (Å²) >= 11 is 0. The average Bonchev–Trinajstić information content (AvgIpc) is 3.29. The molecule has 22 heavy (non-hydrogen) atoms. The third kappa shape index (κ3) is 6.25. The van der Waals surface area contributed by atoms with Gasteiger partial charge in [0.1, 0.15) is 0 Å². The van der Waals surface area contributed by atoms with Gasteiger partial charge in [-0.3, -0.25) is 0 Å². The quantitative estimate of drug-likeness (QED) is 0.522. The smallest absolute Gasteiger partial charge is 0.0352 e. The van der Waals surface area contributed by atoms with Crippen LogP contribution in [0.25, 0.3) is 0 Å². The molecule has 4 aliphatic rings. The molecule has 0 radical (unpaired) electrons. The molecule has 0 bridgehead atoms. The predicted molar refractivity (Wildman–Crippen MR) is 98.8 cm³/mol. The zero-order valence-corrected chi connectivity index (χ0v) is 16.4. The maximum atomic E-state index is 2.37. The van der Waals surface area contributed by atoms with Gasteiger partial charge in [0.05, 0.1) is 0 Å². The summed E-state index contributed by atoms with van der Waals surface area (Å²) in [7, 11) is 0. The number of hydrogen-bond donors (Lipinski definition) is 0. The maximum absolute atomic E-state index is 2.37. The van der Waals surface area contributed by atoms with E-state index in [1.54, 1.807) is 19.3 Å². The summed E-state index contributed by atoms with van der Waals surface area (Å²) in [5, 5.41) is 0. The van der Waals surface area contributed by atoms with Gasteiger partial charge in [0, 0.05) is 0 Å². The fourth-order valence-corrected chi connectivity index (χ4v) is 4.11. The van der Waals surface area contributed by atoms with Crippen LogP contribution in [0.2, 0.25) is 0 Å². The van der Waals surface area contributed by atoms with Gasteiger partial charge in [0.15, 0.2) is 0 Å². The molecule has 4 rings (SSSR count). The molecule has 4 fully saturated rings. The molecule has 0 nitrogen and oxygen atoms in total. The van der Waals surface area contributed by atoms with E-state index in [-0.39, 0.29) is 0 Å². The van der Waals surface area contributed by atoms with Crippen LogP contribution in [0.15, 0.2) is 0 Å². The molecule has 4 saturated carbocycles. The molecule has 0 spiro atoms. The summed E-state index contributed by atoms with van der Waals surface area (Å²) in [5.74, 6) is 9.56. The van der Waals surface area contributed by atoms with Gasteiger partial charge in [-0.25, -0.2) is 0 Å². The van der Waals surface area contributed by atoms with Crippen LogP contribution in [0, 0.1) is 53.3 Å². The zero-order chi connectivity index (χ0) is 16.4. The molecule has 0 amide bonds. The minimum Gasteiger partial charge on any atom is -0.0625 e. The van der Waals surface area contributed by atoms with Crippen molar-refractivity contribution < 1.29 is 0 Å². The van der Waals surface area contributed by atoms with Crippen LogP contribution in [0.4, 0.5) is 0 Å². The summed E-state index contributed by atoms with van der Waals surface area (Å²) < 4.78 is 0. The fourth-order valence-electron chi connectivity index (χ4n) is 4.11. The van der Waals surface area contributed by atoms with Crippen LogP contribution >= 0.6 is 0 Å². The lowest BCUT2D eigenvalue weighted by atomic mass is 10.1. The van der Waals surface area contributed by atoms with Crippen LogP contribution in [0.3, 0.4) is 0 Å². The Morgan fingerprint density at radius 2 is 1.14 bits per heavy atom. The van der Waals surface area contributed by atoms with Crippen molar-refractivity contribution >= 4 is 0 Å². The topological polar surface area (TPSA) is 0 Å². The highest BCUT2D eigenvalue weighted by molar-refractivity contribution is 4.97. The Morgan fingerprint density at radius 1 is 0.636 bits per heavy atom. The van der Waals surface area contributed by atoms with E-state index in [2.05, 4.69) is 48.5 Å². The fraction of sp³-hybridized carbons (Fsp3) is 1.00. The molecule has 0 aromatic heterocycles. The van der Waals surface area contributed by atoms with Crippen LogP contribution in [0.1, 0.15) is 87.0 Å². The van der Waals surface area contributed by atoms with Crippen LogP contribution in [0.5, 0.6) is 0 Å². The summed E-state index contributed by atoms with van der Waals surface area (Å²) in [6.07, 6.45) is 9.14. The average molecular weight is 307 g/mol. The summed E-state index contributed by atoms with van der Waals surface area (Å²) in [6.45, 7) is 16.3. The first-order chi connectivity index (χ1) is 10.3. The number of hydrogen-bond acceptors (Lipinski definition) is 0. The van der Waals surface area contributed by atoms with Gasteiger partial charge in [-0.1, -0.05) is 48.5 Å². The molecule has 4 unspecified atom stereocenters. The molecule has 0 saturated heterocycles. The molecule has 130 valence electrons. The summed E-state index contributed by atoms with van der Waals surface area (Å²) in [5.41, 5.74) is 0. The minimum atomic E-state index is 0.940. The Morgan fingerprint density at radius 3 is 1.27 bits per heavy atom. The van der Waals surface area contributed by atoms with Crippen LogP contribution in [-0.2, 0) is 0 Å². The van der Waals surface area contributed by atoms with E-state index in [1.165, 1.54) is 31.1 Å². The van der Waals surface area contributed by atoms with Crippen molar-refractivity contribution in [2.75, 3.05) is 0 Å². The van der Waals surface area contributed by atoms with Gasteiger partial charge in [-0.2, -0.15) is 0 Å².